The number of nitrogens with one attached hydrogen (secondary N) is 2. The molecule has 0 aliphatic heterocycles. The summed E-state index contributed by atoms with van der Waals surface area (Å²) in [5, 5.41) is 5.20. The molecule has 0 radical (unpaired) electrons. The van der Waals surface area contributed by atoms with Crippen molar-refractivity contribution in [3.05, 3.63) is 64.9 Å². The molecule has 1 aromatic carbocycles. The zero-order chi connectivity index (χ0) is 20.1. The Labute approximate surface area is 163 Å². The lowest BCUT2D eigenvalue weighted by Crippen LogP contribution is -2.28. The van der Waals surface area contributed by atoms with Gasteiger partial charge in [0.2, 0.25) is 5.88 Å². The average Bonchev–Trinajstić information content (AvgIpc) is 3.29. The number of furan rings is 1. The fourth-order valence-corrected chi connectivity index (χ4v) is 3.06. The first-order chi connectivity index (χ1) is 13.4. The third-order valence-corrected chi connectivity index (χ3v) is 4.46. The van der Waals surface area contributed by atoms with E-state index in [0.717, 1.165) is 17.1 Å². The molecule has 28 heavy (non-hydrogen) atoms. The number of rotatable bonds is 7. The number of aryl methyl sites for hydroxylation is 1. The van der Waals surface area contributed by atoms with E-state index in [9.17, 15) is 14.0 Å². The van der Waals surface area contributed by atoms with Crippen LogP contribution in [0.5, 0.6) is 5.88 Å². The molecule has 3 rings (SSSR count). The first kappa shape index (κ1) is 19.4. The van der Waals surface area contributed by atoms with Crippen LogP contribution in [-0.2, 0) is 13.2 Å². The molecule has 146 valence electrons. The van der Waals surface area contributed by atoms with E-state index in [1.807, 2.05) is 0 Å². The molecule has 4 N–H and O–H groups in total. The molecule has 0 spiro atoms. The largest absolute Gasteiger partial charge is 0.471 e. The molecule has 0 aliphatic carbocycles. The third kappa shape index (κ3) is 4.65. The molecule has 10 heteroatoms. The molecule has 0 fully saturated rings. The van der Waals surface area contributed by atoms with E-state index in [0.29, 0.717) is 11.3 Å². The molecule has 3 amide bonds. The van der Waals surface area contributed by atoms with Gasteiger partial charge in [-0.1, -0.05) is 12.1 Å². The number of hydrogen-bond acceptors (Lipinski definition) is 6. The van der Waals surface area contributed by atoms with Crippen LogP contribution in [0, 0.1) is 12.7 Å². The summed E-state index contributed by atoms with van der Waals surface area (Å²) in [4.78, 5) is 23.8. The van der Waals surface area contributed by atoms with Crippen molar-refractivity contribution in [2.24, 2.45) is 5.73 Å². The van der Waals surface area contributed by atoms with Crippen molar-refractivity contribution in [3.8, 4) is 5.88 Å². The van der Waals surface area contributed by atoms with Gasteiger partial charge in [-0.15, -0.1) is 0 Å². The van der Waals surface area contributed by atoms with Crippen molar-refractivity contribution in [3.63, 3.8) is 0 Å². The Morgan fingerprint density at radius 3 is 2.86 bits per heavy atom. The number of urea groups is 1. The smallest absolute Gasteiger partial charge is 0.320 e. The Bertz CT molecular complexity index is 988. The van der Waals surface area contributed by atoms with E-state index < -0.39 is 17.8 Å². The standard InChI is InChI=1S/C18H17FN4O4S/c1-10-4-5-11(13(19)7-10)9-27-16-14(15(20)24)17(28-23-16)22-18(25)21-8-12-3-2-6-26-12/h2-7H,8-9H2,1H3,(H2,20,24)(H2,21,22,25). The first-order valence-corrected chi connectivity index (χ1v) is 8.96. The maximum absolute atomic E-state index is 13.9. The van der Waals surface area contributed by atoms with Gasteiger partial charge in [0.25, 0.3) is 5.91 Å². The number of anilines is 1. The van der Waals surface area contributed by atoms with Crippen LogP contribution in [0.2, 0.25) is 0 Å². The minimum absolute atomic E-state index is 0.0705. The quantitative estimate of drug-likeness (QED) is 0.559. The number of nitrogens with zero attached hydrogens (tertiary/aromatic N) is 1. The van der Waals surface area contributed by atoms with Crippen LogP contribution in [0.3, 0.4) is 0 Å². The predicted octanol–water partition coefficient (Wildman–Crippen LogP) is 3.18. The number of ether oxygens (including phenoxy) is 1. The number of carbonyl (C=O) groups excluding carboxylic acids is 2. The second-order valence-corrected chi connectivity index (χ2v) is 6.60. The third-order valence-electron chi connectivity index (χ3n) is 3.71. The van der Waals surface area contributed by atoms with Gasteiger partial charge in [-0.3, -0.25) is 10.1 Å². The predicted molar refractivity (Wildman–Crippen MR) is 101 cm³/mol. The molecule has 0 bridgehead atoms. The number of halogens is 1. The van der Waals surface area contributed by atoms with Gasteiger partial charge in [0.15, 0.2) is 0 Å². The zero-order valence-electron chi connectivity index (χ0n) is 14.8. The van der Waals surface area contributed by atoms with E-state index in [-0.39, 0.29) is 29.6 Å². The van der Waals surface area contributed by atoms with Crippen LogP contribution in [0.25, 0.3) is 0 Å². The van der Waals surface area contributed by atoms with Gasteiger partial charge in [-0.05, 0) is 42.2 Å². The Hall–Kier alpha value is -3.40. The normalized spacial score (nSPS) is 10.5. The van der Waals surface area contributed by atoms with E-state index in [1.54, 1.807) is 31.2 Å². The van der Waals surface area contributed by atoms with Gasteiger partial charge in [0.1, 0.15) is 28.7 Å². The number of primary amides is 1. The number of nitrogens with two attached hydrogens (primary N) is 1. The van der Waals surface area contributed by atoms with Gasteiger partial charge in [0, 0.05) is 5.56 Å². The Morgan fingerprint density at radius 2 is 2.18 bits per heavy atom. The first-order valence-electron chi connectivity index (χ1n) is 8.18. The molecular weight excluding hydrogens is 387 g/mol. The monoisotopic (exact) mass is 404 g/mol. The van der Waals surface area contributed by atoms with Gasteiger partial charge < -0.3 is 20.2 Å². The second kappa shape index (κ2) is 8.53. The highest BCUT2D eigenvalue weighted by Gasteiger charge is 2.22. The van der Waals surface area contributed by atoms with Crippen molar-refractivity contribution in [2.75, 3.05) is 5.32 Å². The molecule has 2 heterocycles. The van der Waals surface area contributed by atoms with Crippen molar-refractivity contribution in [1.29, 1.82) is 0 Å². The number of carbonyl (C=O) groups is 2. The molecule has 0 unspecified atom stereocenters. The highest BCUT2D eigenvalue weighted by molar-refractivity contribution is 7.11. The van der Waals surface area contributed by atoms with Crippen LogP contribution in [0.4, 0.5) is 14.2 Å². The van der Waals surface area contributed by atoms with Gasteiger partial charge >= 0.3 is 6.03 Å². The fourth-order valence-electron chi connectivity index (χ4n) is 2.32. The number of amides is 3. The Morgan fingerprint density at radius 1 is 1.36 bits per heavy atom. The zero-order valence-corrected chi connectivity index (χ0v) is 15.6. The van der Waals surface area contributed by atoms with Gasteiger partial charge in [-0.25, -0.2) is 9.18 Å². The topological polar surface area (TPSA) is 119 Å². The summed E-state index contributed by atoms with van der Waals surface area (Å²) in [6.07, 6.45) is 1.49. The Balaban J connectivity index is 1.67. The average molecular weight is 404 g/mol. The van der Waals surface area contributed by atoms with Crippen LogP contribution in [0.15, 0.2) is 41.0 Å². The van der Waals surface area contributed by atoms with E-state index in [4.69, 9.17) is 14.9 Å². The molecule has 8 nitrogen and oxygen atoms in total. The van der Waals surface area contributed by atoms with E-state index in [1.165, 1.54) is 12.3 Å². The lowest BCUT2D eigenvalue weighted by Gasteiger charge is -2.08. The lowest BCUT2D eigenvalue weighted by molar-refractivity contribution is 0.0996. The van der Waals surface area contributed by atoms with Crippen LogP contribution < -0.4 is 21.1 Å². The molecule has 3 aromatic rings. The van der Waals surface area contributed by atoms with Gasteiger partial charge in [0.05, 0.1) is 12.8 Å². The van der Waals surface area contributed by atoms with Crippen molar-refractivity contribution < 1.29 is 23.1 Å². The molecule has 0 aliphatic rings. The minimum Gasteiger partial charge on any atom is -0.471 e. The van der Waals surface area contributed by atoms with Crippen molar-refractivity contribution in [1.82, 2.24) is 9.69 Å². The second-order valence-electron chi connectivity index (χ2n) is 5.83. The van der Waals surface area contributed by atoms with Crippen LogP contribution in [0.1, 0.15) is 27.2 Å². The van der Waals surface area contributed by atoms with E-state index >= 15 is 0 Å². The summed E-state index contributed by atoms with van der Waals surface area (Å²) >= 11 is 0.833. The molecule has 2 aromatic heterocycles. The summed E-state index contributed by atoms with van der Waals surface area (Å²) < 4.78 is 28.5. The summed E-state index contributed by atoms with van der Waals surface area (Å²) in [5.41, 5.74) is 6.40. The highest BCUT2D eigenvalue weighted by Crippen LogP contribution is 2.31. The molecule has 0 atom stereocenters. The highest BCUT2D eigenvalue weighted by atomic mass is 32.1. The summed E-state index contributed by atoms with van der Waals surface area (Å²) in [6, 6.07) is 7.54. The van der Waals surface area contributed by atoms with Crippen molar-refractivity contribution >= 4 is 28.5 Å². The Kier molecular flexibility index (Phi) is 5.90. The summed E-state index contributed by atoms with van der Waals surface area (Å²) in [6.45, 7) is 1.80. The summed E-state index contributed by atoms with van der Waals surface area (Å²) in [7, 11) is 0. The van der Waals surface area contributed by atoms with E-state index in [2.05, 4.69) is 15.0 Å². The SMILES string of the molecule is Cc1ccc(COc2nsc(NC(=O)NCc3ccco3)c2C(N)=O)c(F)c1. The number of benzene rings is 1. The maximum atomic E-state index is 13.9. The molecule has 0 saturated carbocycles. The summed E-state index contributed by atoms with van der Waals surface area (Å²) in [5.74, 6) is -0.751. The number of aromatic nitrogens is 1. The minimum atomic E-state index is -0.825. The molecule has 0 saturated heterocycles. The maximum Gasteiger partial charge on any atom is 0.320 e. The molecular formula is C18H17FN4O4S. The fraction of sp³-hybridized carbons (Fsp3) is 0.167. The van der Waals surface area contributed by atoms with Crippen LogP contribution in [-0.4, -0.2) is 16.3 Å². The van der Waals surface area contributed by atoms with Crippen molar-refractivity contribution in [2.45, 2.75) is 20.1 Å². The lowest BCUT2D eigenvalue weighted by atomic mass is 10.1. The number of hydrogen-bond donors (Lipinski definition) is 3. The van der Waals surface area contributed by atoms with Crippen LogP contribution >= 0.6 is 11.5 Å². The van der Waals surface area contributed by atoms with Gasteiger partial charge in [-0.2, -0.15) is 4.37 Å².